The number of fused-ring (bicyclic) bond motifs is 1. The molecule has 2 amide bonds. The minimum Gasteiger partial charge on any atom is -0.289 e. The monoisotopic (exact) mass is 465 g/mol. The van der Waals surface area contributed by atoms with Crippen molar-refractivity contribution < 1.29 is 26.4 Å². The van der Waals surface area contributed by atoms with E-state index in [4.69, 9.17) is 10.4 Å². The van der Waals surface area contributed by atoms with Crippen molar-refractivity contribution in [3.8, 4) is 6.07 Å². The van der Waals surface area contributed by atoms with Crippen LogP contribution in [0.25, 0.3) is 0 Å². The highest BCUT2D eigenvalue weighted by molar-refractivity contribution is 7.89. The van der Waals surface area contributed by atoms with E-state index in [9.17, 15) is 26.4 Å². The largest absolute Gasteiger partial charge is 0.417 e. The van der Waals surface area contributed by atoms with E-state index in [1.807, 2.05) is 0 Å². The Labute approximate surface area is 182 Å². The fourth-order valence-corrected chi connectivity index (χ4v) is 4.86. The lowest BCUT2D eigenvalue weighted by molar-refractivity contribution is -0.137. The third-order valence-electron chi connectivity index (χ3n) is 5.72. The molecule has 1 aromatic heterocycles. The Morgan fingerprint density at radius 3 is 2.34 bits per heavy atom. The van der Waals surface area contributed by atoms with E-state index < -0.39 is 50.5 Å². The molecule has 32 heavy (non-hydrogen) atoms. The van der Waals surface area contributed by atoms with Crippen molar-refractivity contribution in [1.82, 2.24) is 4.98 Å². The topological polar surface area (TPSA) is 120 Å². The van der Waals surface area contributed by atoms with Gasteiger partial charge in [0.25, 0.3) is 10.0 Å². The fourth-order valence-electron chi connectivity index (χ4n) is 4.37. The van der Waals surface area contributed by atoms with Crippen molar-refractivity contribution in [2.24, 2.45) is 5.14 Å². The average molecular weight is 465 g/mol. The quantitative estimate of drug-likeness (QED) is 0.745. The highest BCUT2D eigenvalue weighted by Crippen LogP contribution is 2.41. The zero-order chi connectivity index (χ0) is 23.3. The van der Waals surface area contributed by atoms with Gasteiger partial charge in [-0.2, -0.15) is 18.4 Å². The van der Waals surface area contributed by atoms with Crippen LogP contribution in [-0.2, 0) is 16.2 Å². The zero-order valence-electron chi connectivity index (χ0n) is 16.6. The molecular weight excluding hydrogens is 447 g/mol. The molecule has 0 bridgehead atoms. The number of hydrogen-bond acceptors (Lipinski definition) is 5. The van der Waals surface area contributed by atoms with Crippen LogP contribution in [0.2, 0.25) is 0 Å². The number of anilines is 2. The molecule has 0 unspecified atom stereocenters. The minimum absolute atomic E-state index is 0.0170. The number of pyridine rings is 1. The lowest BCUT2D eigenvalue weighted by atomic mass is 9.90. The van der Waals surface area contributed by atoms with Gasteiger partial charge in [0.05, 0.1) is 29.3 Å². The highest BCUT2D eigenvalue weighted by atomic mass is 32.2. The molecule has 0 radical (unpaired) electrons. The maximum absolute atomic E-state index is 13.5. The summed E-state index contributed by atoms with van der Waals surface area (Å²) in [6, 6.07) is 7.32. The highest BCUT2D eigenvalue weighted by Gasteiger charge is 2.49. The first-order valence-electron chi connectivity index (χ1n) is 9.76. The fraction of sp³-hybridized carbons (Fsp3) is 0.350. The van der Waals surface area contributed by atoms with Crippen LogP contribution in [-0.4, -0.2) is 31.5 Å². The van der Waals surface area contributed by atoms with Crippen molar-refractivity contribution >= 4 is 27.6 Å². The summed E-state index contributed by atoms with van der Waals surface area (Å²) in [4.78, 5) is 20.1. The molecule has 2 aromatic rings. The van der Waals surface area contributed by atoms with Crippen molar-refractivity contribution in [3.63, 3.8) is 0 Å². The summed E-state index contributed by atoms with van der Waals surface area (Å²) in [6.45, 7) is 0. The number of nitriles is 1. The van der Waals surface area contributed by atoms with Gasteiger partial charge in [-0.15, -0.1) is 0 Å². The van der Waals surface area contributed by atoms with E-state index in [-0.39, 0.29) is 11.5 Å². The molecular formula is C20H18F3N5O3S. The molecule has 1 aliphatic heterocycles. The maximum atomic E-state index is 13.5. The van der Waals surface area contributed by atoms with Crippen LogP contribution in [0.5, 0.6) is 0 Å². The Hall–Kier alpha value is -3.17. The Morgan fingerprint density at radius 1 is 1.09 bits per heavy atom. The number of alkyl halides is 3. The normalized spacial score (nSPS) is 21.4. The SMILES string of the molecule is N#Cc1ccc(N2C(=O)N(c3cccc(S(N)(=O)=O)n3)[C@H]3CCCC[C@@H]32)cc1C(F)(F)F. The number of hydrogen-bond donors (Lipinski definition) is 1. The number of amides is 2. The van der Waals surface area contributed by atoms with Crippen molar-refractivity contribution in [3.05, 3.63) is 47.5 Å². The molecule has 2 heterocycles. The van der Waals surface area contributed by atoms with Gasteiger partial charge in [0, 0.05) is 5.69 Å². The standard InChI is InChI=1S/C20H18F3N5O3S/c21-20(22,23)14-10-13(9-8-12(14)11-24)27-15-4-1-2-5-16(15)28(19(27)29)17-6-3-7-18(26-17)32(25,30)31/h3,6-10,15-16H,1-2,4-5H2,(H2,25,30,31)/t15-,16-/m0/s1. The van der Waals surface area contributed by atoms with Gasteiger partial charge in [-0.25, -0.2) is 23.3 Å². The van der Waals surface area contributed by atoms with E-state index in [0.29, 0.717) is 12.8 Å². The number of nitrogens with two attached hydrogens (primary N) is 1. The molecule has 1 aliphatic carbocycles. The van der Waals surface area contributed by atoms with Gasteiger partial charge in [0.2, 0.25) is 0 Å². The number of carbonyl (C=O) groups excluding carboxylic acids is 1. The van der Waals surface area contributed by atoms with E-state index in [1.165, 1.54) is 40.1 Å². The molecule has 168 valence electrons. The van der Waals surface area contributed by atoms with Gasteiger partial charge in [-0.3, -0.25) is 9.80 Å². The van der Waals surface area contributed by atoms with E-state index in [0.717, 1.165) is 25.0 Å². The second-order valence-corrected chi connectivity index (χ2v) is 9.17. The molecule has 2 aliphatic rings. The number of rotatable bonds is 3. The van der Waals surface area contributed by atoms with Crippen LogP contribution in [0.1, 0.15) is 36.8 Å². The summed E-state index contributed by atoms with van der Waals surface area (Å²) in [7, 11) is -4.12. The number of aromatic nitrogens is 1. The van der Waals surface area contributed by atoms with Gasteiger partial charge in [0.1, 0.15) is 5.82 Å². The number of urea groups is 1. The van der Waals surface area contributed by atoms with Crippen LogP contribution in [0.15, 0.2) is 41.4 Å². The zero-order valence-corrected chi connectivity index (χ0v) is 17.4. The maximum Gasteiger partial charge on any atom is 0.417 e. The first-order chi connectivity index (χ1) is 15.0. The van der Waals surface area contributed by atoms with Crippen LogP contribution < -0.4 is 14.9 Å². The summed E-state index contributed by atoms with van der Waals surface area (Å²) < 4.78 is 63.9. The molecule has 1 saturated heterocycles. The summed E-state index contributed by atoms with van der Waals surface area (Å²) in [6.07, 6.45) is -2.04. The van der Waals surface area contributed by atoms with Gasteiger partial charge in [-0.1, -0.05) is 18.9 Å². The molecule has 2 N–H and O–H groups in total. The van der Waals surface area contributed by atoms with Crippen molar-refractivity contribution in [1.29, 1.82) is 5.26 Å². The lowest BCUT2D eigenvalue weighted by Crippen LogP contribution is -2.40. The third kappa shape index (κ3) is 3.78. The second kappa shape index (κ2) is 7.75. The summed E-state index contributed by atoms with van der Waals surface area (Å²) in [5, 5.41) is 13.8. The minimum atomic E-state index is -4.76. The first-order valence-corrected chi connectivity index (χ1v) is 11.3. The van der Waals surface area contributed by atoms with Gasteiger partial charge < -0.3 is 0 Å². The number of nitrogens with zero attached hydrogens (tertiary/aromatic N) is 4. The van der Waals surface area contributed by atoms with Crippen molar-refractivity contribution in [2.75, 3.05) is 9.80 Å². The van der Waals surface area contributed by atoms with Crippen LogP contribution in [0.4, 0.5) is 29.5 Å². The van der Waals surface area contributed by atoms with Crippen LogP contribution >= 0.6 is 0 Å². The molecule has 12 heteroatoms. The average Bonchev–Trinajstić information content (AvgIpc) is 3.04. The summed E-state index contributed by atoms with van der Waals surface area (Å²) in [5.74, 6) is 0.0608. The van der Waals surface area contributed by atoms with E-state index in [1.54, 1.807) is 0 Å². The van der Waals surface area contributed by atoms with Crippen LogP contribution in [0, 0.1) is 11.3 Å². The second-order valence-electron chi connectivity index (χ2n) is 7.66. The Balaban J connectivity index is 1.81. The predicted octanol–water partition coefficient (Wildman–Crippen LogP) is 3.38. The Morgan fingerprint density at radius 2 is 1.75 bits per heavy atom. The molecule has 4 rings (SSSR count). The molecule has 0 spiro atoms. The first kappa shape index (κ1) is 22.0. The molecule has 1 saturated carbocycles. The van der Waals surface area contributed by atoms with Gasteiger partial charge >= 0.3 is 12.2 Å². The van der Waals surface area contributed by atoms with Gasteiger partial charge in [-0.05, 0) is 43.2 Å². The van der Waals surface area contributed by atoms with Gasteiger partial charge in [0.15, 0.2) is 5.03 Å². The Kier molecular flexibility index (Phi) is 5.34. The third-order valence-corrected chi connectivity index (χ3v) is 6.53. The molecule has 2 atom stereocenters. The summed E-state index contributed by atoms with van der Waals surface area (Å²) >= 11 is 0. The number of primary sulfonamides is 1. The molecule has 1 aromatic carbocycles. The molecule has 2 fully saturated rings. The predicted molar refractivity (Wildman–Crippen MR) is 108 cm³/mol. The van der Waals surface area contributed by atoms with E-state index in [2.05, 4.69) is 4.98 Å². The smallest absolute Gasteiger partial charge is 0.289 e. The lowest BCUT2D eigenvalue weighted by Gasteiger charge is -2.31. The summed E-state index contributed by atoms with van der Waals surface area (Å²) in [5.41, 5.74) is -1.64. The number of halogens is 3. The number of benzene rings is 1. The van der Waals surface area contributed by atoms with E-state index >= 15 is 0 Å². The van der Waals surface area contributed by atoms with Crippen molar-refractivity contribution in [2.45, 2.75) is 49.0 Å². The Bertz CT molecular complexity index is 1230. The van der Waals surface area contributed by atoms with Crippen LogP contribution in [0.3, 0.4) is 0 Å². The molecule has 8 nitrogen and oxygen atoms in total. The number of carbonyl (C=O) groups is 1. The number of sulfonamides is 1.